The summed E-state index contributed by atoms with van der Waals surface area (Å²) in [7, 11) is -2.41. The van der Waals surface area contributed by atoms with Gasteiger partial charge in [-0.05, 0) is 49.2 Å². The van der Waals surface area contributed by atoms with Crippen LogP contribution in [-0.4, -0.2) is 42.5 Å². The molecule has 0 spiro atoms. The van der Waals surface area contributed by atoms with Gasteiger partial charge in [0.05, 0.1) is 23.1 Å². The number of rotatable bonds is 6. The SMILES string of the molecule is COc1ccc(S(=O)(=O)N2CCC[C@@H]2c2nnc(C(=O)Nc3cccc(F)c3)s2)cc1Cl. The summed E-state index contributed by atoms with van der Waals surface area (Å²) >= 11 is 7.12. The second-order valence-electron chi connectivity index (χ2n) is 6.98. The number of carbonyl (C=O) groups excluding carboxylic acids is 1. The number of hydrogen-bond acceptors (Lipinski definition) is 7. The van der Waals surface area contributed by atoms with Gasteiger partial charge in [-0.2, -0.15) is 4.31 Å². The van der Waals surface area contributed by atoms with Crippen molar-refractivity contribution in [3.05, 3.63) is 63.3 Å². The molecule has 1 N–H and O–H groups in total. The van der Waals surface area contributed by atoms with Crippen molar-refractivity contribution >= 4 is 44.6 Å². The highest BCUT2D eigenvalue weighted by molar-refractivity contribution is 7.89. The molecule has 1 saturated heterocycles. The van der Waals surface area contributed by atoms with Gasteiger partial charge in [0.25, 0.3) is 5.91 Å². The molecular formula is C20H18ClFN4O4S2. The maximum absolute atomic E-state index is 13.3. The van der Waals surface area contributed by atoms with E-state index in [1.165, 1.54) is 47.8 Å². The molecule has 1 aliphatic heterocycles. The van der Waals surface area contributed by atoms with Crippen LogP contribution in [0.15, 0.2) is 47.4 Å². The van der Waals surface area contributed by atoms with Crippen molar-refractivity contribution in [1.82, 2.24) is 14.5 Å². The summed E-state index contributed by atoms with van der Waals surface area (Å²) < 4.78 is 46.3. The van der Waals surface area contributed by atoms with Crippen molar-refractivity contribution in [2.75, 3.05) is 19.0 Å². The maximum atomic E-state index is 13.3. The highest BCUT2D eigenvalue weighted by Gasteiger charge is 2.38. The molecule has 0 unspecified atom stereocenters. The average Bonchev–Trinajstić information content (AvgIpc) is 3.43. The summed E-state index contributed by atoms with van der Waals surface area (Å²) in [5.41, 5.74) is 0.285. The Morgan fingerprint density at radius 3 is 2.81 bits per heavy atom. The van der Waals surface area contributed by atoms with Gasteiger partial charge in [-0.25, -0.2) is 12.8 Å². The number of carbonyl (C=O) groups is 1. The maximum Gasteiger partial charge on any atom is 0.286 e. The van der Waals surface area contributed by atoms with Crippen LogP contribution in [0, 0.1) is 5.82 Å². The van der Waals surface area contributed by atoms with Crippen molar-refractivity contribution in [1.29, 1.82) is 0 Å². The van der Waals surface area contributed by atoms with E-state index in [1.54, 1.807) is 6.07 Å². The molecule has 8 nitrogen and oxygen atoms in total. The number of aromatic nitrogens is 2. The van der Waals surface area contributed by atoms with Crippen molar-refractivity contribution in [2.45, 2.75) is 23.8 Å². The number of benzene rings is 2. The van der Waals surface area contributed by atoms with Crippen molar-refractivity contribution in [2.24, 2.45) is 0 Å². The second-order valence-corrected chi connectivity index (χ2v) is 10.3. The summed E-state index contributed by atoms with van der Waals surface area (Å²) in [6.07, 6.45) is 1.18. The van der Waals surface area contributed by atoms with Gasteiger partial charge in [0.15, 0.2) is 0 Å². The Hall–Kier alpha value is -2.60. The zero-order valence-electron chi connectivity index (χ0n) is 16.8. The number of nitrogens with one attached hydrogen (secondary N) is 1. The fraction of sp³-hybridized carbons (Fsp3) is 0.250. The molecule has 1 aromatic heterocycles. The molecule has 2 aromatic carbocycles. The van der Waals surface area contributed by atoms with Gasteiger partial charge in [0.2, 0.25) is 15.0 Å². The third-order valence-electron chi connectivity index (χ3n) is 4.94. The number of ether oxygens (including phenoxy) is 1. The van der Waals surface area contributed by atoms with E-state index in [0.29, 0.717) is 30.1 Å². The fourth-order valence-electron chi connectivity index (χ4n) is 3.43. The van der Waals surface area contributed by atoms with Crippen LogP contribution in [-0.2, 0) is 10.0 Å². The molecule has 4 rings (SSSR count). The third kappa shape index (κ3) is 4.46. The standard InChI is InChI=1S/C20H18ClFN4O4S2/c1-30-17-8-7-14(11-15(17)21)32(28,29)26-9-3-6-16(26)19-24-25-20(31-19)18(27)23-13-5-2-4-12(22)10-13/h2,4-5,7-8,10-11,16H,3,6,9H2,1H3,(H,23,27)/t16-/m1/s1. The Morgan fingerprint density at radius 2 is 2.09 bits per heavy atom. The zero-order valence-corrected chi connectivity index (χ0v) is 19.2. The number of amides is 1. The van der Waals surface area contributed by atoms with E-state index in [1.807, 2.05) is 0 Å². The van der Waals surface area contributed by atoms with E-state index in [0.717, 1.165) is 11.3 Å². The zero-order chi connectivity index (χ0) is 22.9. The quantitative estimate of drug-likeness (QED) is 0.551. The molecule has 3 aromatic rings. The Balaban J connectivity index is 1.55. The normalized spacial score (nSPS) is 16.8. The third-order valence-corrected chi connectivity index (χ3v) is 8.16. The second kappa shape index (κ2) is 9.10. The van der Waals surface area contributed by atoms with Crippen molar-refractivity contribution in [3.63, 3.8) is 0 Å². The molecular weight excluding hydrogens is 479 g/mol. The number of hydrogen-bond donors (Lipinski definition) is 1. The fourth-order valence-corrected chi connectivity index (χ4v) is 6.39. The highest BCUT2D eigenvalue weighted by Crippen LogP contribution is 2.39. The minimum atomic E-state index is -3.86. The predicted molar refractivity (Wildman–Crippen MR) is 118 cm³/mol. The van der Waals surface area contributed by atoms with E-state index >= 15 is 0 Å². The number of halogens is 2. The molecule has 32 heavy (non-hydrogen) atoms. The summed E-state index contributed by atoms with van der Waals surface area (Å²) in [5.74, 6) is -0.651. The predicted octanol–water partition coefficient (Wildman–Crippen LogP) is 4.12. The molecule has 168 valence electrons. The van der Waals surface area contributed by atoms with E-state index in [9.17, 15) is 17.6 Å². The molecule has 1 fully saturated rings. The highest BCUT2D eigenvalue weighted by atomic mass is 35.5. The number of methoxy groups -OCH3 is 1. The first-order chi connectivity index (χ1) is 15.3. The van der Waals surface area contributed by atoms with Crippen LogP contribution in [0.2, 0.25) is 5.02 Å². The molecule has 1 amide bonds. The lowest BCUT2D eigenvalue weighted by Crippen LogP contribution is -2.30. The van der Waals surface area contributed by atoms with Gasteiger partial charge in [-0.15, -0.1) is 10.2 Å². The Kier molecular flexibility index (Phi) is 6.42. The van der Waals surface area contributed by atoms with E-state index in [2.05, 4.69) is 15.5 Å². The number of sulfonamides is 1. The van der Waals surface area contributed by atoms with Crippen LogP contribution in [0.1, 0.15) is 33.7 Å². The summed E-state index contributed by atoms with van der Waals surface area (Å²) in [5, 5.41) is 11.2. The van der Waals surface area contributed by atoms with E-state index < -0.39 is 27.8 Å². The molecule has 0 aliphatic carbocycles. The average molecular weight is 497 g/mol. The first-order valence-corrected chi connectivity index (χ1v) is 12.2. The monoisotopic (exact) mass is 496 g/mol. The smallest absolute Gasteiger partial charge is 0.286 e. The molecule has 1 aliphatic rings. The minimum absolute atomic E-state index is 0.0452. The van der Waals surface area contributed by atoms with Crippen LogP contribution in [0.5, 0.6) is 5.75 Å². The molecule has 12 heteroatoms. The largest absolute Gasteiger partial charge is 0.495 e. The Bertz CT molecular complexity index is 1270. The molecule has 2 heterocycles. The lowest BCUT2D eigenvalue weighted by atomic mass is 10.2. The number of anilines is 1. The first-order valence-electron chi connectivity index (χ1n) is 9.55. The Morgan fingerprint density at radius 1 is 1.28 bits per heavy atom. The van der Waals surface area contributed by atoms with Crippen molar-refractivity contribution in [3.8, 4) is 5.75 Å². The van der Waals surface area contributed by atoms with Gasteiger partial charge in [-0.3, -0.25) is 4.79 Å². The summed E-state index contributed by atoms with van der Waals surface area (Å²) in [4.78, 5) is 12.5. The van der Waals surface area contributed by atoms with Crippen LogP contribution < -0.4 is 10.1 Å². The topological polar surface area (TPSA) is 101 Å². The molecule has 1 atom stereocenters. The first kappa shape index (κ1) is 22.6. The van der Waals surface area contributed by atoms with Crippen LogP contribution in [0.25, 0.3) is 0 Å². The lowest BCUT2D eigenvalue weighted by Gasteiger charge is -2.22. The molecule has 0 radical (unpaired) electrons. The van der Waals surface area contributed by atoms with Crippen LogP contribution >= 0.6 is 22.9 Å². The molecule has 0 bridgehead atoms. The number of nitrogens with zero attached hydrogens (tertiary/aromatic N) is 3. The summed E-state index contributed by atoms with van der Waals surface area (Å²) in [6.45, 7) is 0.307. The summed E-state index contributed by atoms with van der Waals surface area (Å²) in [6, 6.07) is 9.22. The Labute approximate surface area is 193 Å². The van der Waals surface area contributed by atoms with Gasteiger partial charge in [0.1, 0.15) is 16.6 Å². The van der Waals surface area contributed by atoms with Gasteiger partial charge in [-0.1, -0.05) is 29.0 Å². The minimum Gasteiger partial charge on any atom is -0.495 e. The van der Waals surface area contributed by atoms with Crippen LogP contribution in [0.4, 0.5) is 10.1 Å². The van der Waals surface area contributed by atoms with E-state index in [4.69, 9.17) is 16.3 Å². The van der Waals surface area contributed by atoms with Crippen molar-refractivity contribution < 1.29 is 22.3 Å². The van der Waals surface area contributed by atoms with Gasteiger partial charge < -0.3 is 10.1 Å². The van der Waals surface area contributed by atoms with Gasteiger partial charge in [0, 0.05) is 12.2 Å². The lowest BCUT2D eigenvalue weighted by molar-refractivity contribution is 0.102. The van der Waals surface area contributed by atoms with E-state index in [-0.39, 0.29) is 20.6 Å². The van der Waals surface area contributed by atoms with Gasteiger partial charge >= 0.3 is 0 Å². The molecule has 0 saturated carbocycles. The van der Waals surface area contributed by atoms with Crippen LogP contribution in [0.3, 0.4) is 0 Å².